The molecule has 0 bridgehead atoms. The van der Waals surface area contributed by atoms with Crippen molar-refractivity contribution in [1.82, 2.24) is 5.06 Å². The highest BCUT2D eigenvalue weighted by atomic mass is 16.7. The number of hydrogen-bond acceptors (Lipinski definition) is 4. The predicted molar refractivity (Wildman–Crippen MR) is 69.5 cm³/mol. The maximum absolute atomic E-state index is 12.0. The molecule has 0 aromatic heterocycles. The van der Waals surface area contributed by atoms with Gasteiger partial charge in [0.05, 0.1) is 17.0 Å². The van der Waals surface area contributed by atoms with Crippen molar-refractivity contribution in [2.24, 2.45) is 17.8 Å². The molecule has 2 amide bonds. The Morgan fingerprint density at radius 2 is 1.75 bits per heavy atom. The lowest BCUT2D eigenvalue weighted by Gasteiger charge is -2.12. The Morgan fingerprint density at radius 3 is 2.20 bits per heavy atom. The maximum atomic E-state index is 12.0. The highest BCUT2D eigenvalue weighted by molar-refractivity contribution is 6.20. The molecule has 104 valence electrons. The topological polar surface area (TPSA) is 63.7 Å². The van der Waals surface area contributed by atoms with Gasteiger partial charge in [-0.2, -0.15) is 0 Å². The van der Waals surface area contributed by atoms with Crippen LogP contribution in [0.1, 0.15) is 41.0 Å². The first-order valence-electron chi connectivity index (χ1n) is 6.70. The molecule has 1 aliphatic carbocycles. The van der Waals surface area contributed by atoms with E-state index in [-0.39, 0.29) is 23.0 Å². The van der Waals surface area contributed by atoms with Crippen LogP contribution < -0.4 is 0 Å². The number of hydroxylamine groups is 2. The molecular formula is C15H15NO4. The molecule has 2 atom stereocenters. The summed E-state index contributed by atoms with van der Waals surface area (Å²) in [4.78, 5) is 41.0. The van der Waals surface area contributed by atoms with Crippen LogP contribution in [-0.2, 0) is 9.63 Å². The number of rotatable bonds is 3. The molecule has 20 heavy (non-hydrogen) atoms. The normalized spacial score (nSPS) is 24.1. The van der Waals surface area contributed by atoms with E-state index in [4.69, 9.17) is 4.84 Å². The maximum Gasteiger partial charge on any atom is 0.336 e. The van der Waals surface area contributed by atoms with Gasteiger partial charge in [-0.05, 0) is 30.4 Å². The Hall–Kier alpha value is -2.17. The summed E-state index contributed by atoms with van der Waals surface area (Å²) in [6, 6.07) is 6.45. The summed E-state index contributed by atoms with van der Waals surface area (Å²) >= 11 is 0. The van der Waals surface area contributed by atoms with E-state index in [1.807, 2.05) is 13.8 Å². The zero-order valence-electron chi connectivity index (χ0n) is 11.3. The highest BCUT2D eigenvalue weighted by Crippen LogP contribution is 2.45. The van der Waals surface area contributed by atoms with E-state index in [1.165, 1.54) is 0 Å². The van der Waals surface area contributed by atoms with Gasteiger partial charge in [-0.1, -0.05) is 31.0 Å². The molecule has 2 aliphatic rings. The summed E-state index contributed by atoms with van der Waals surface area (Å²) in [7, 11) is 0. The summed E-state index contributed by atoms with van der Waals surface area (Å²) in [6.07, 6.45) is 0.764. The molecule has 0 radical (unpaired) electrons. The van der Waals surface area contributed by atoms with Gasteiger partial charge in [-0.15, -0.1) is 0 Å². The molecular weight excluding hydrogens is 258 g/mol. The quantitative estimate of drug-likeness (QED) is 0.790. The lowest BCUT2D eigenvalue weighted by molar-refractivity contribution is -0.170. The fourth-order valence-corrected chi connectivity index (χ4v) is 2.63. The summed E-state index contributed by atoms with van der Waals surface area (Å²) in [5, 5.41) is 0.586. The smallest absolute Gasteiger partial charge is 0.329 e. The number of imide groups is 1. The SMILES string of the molecule is CC(C)C1C[C@@H]1C(=O)ON1C(=O)c2ccccc2C1=O. The molecule has 1 saturated carbocycles. The third-order valence-corrected chi connectivity index (χ3v) is 3.94. The van der Waals surface area contributed by atoms with Gasteiger partial charge < -0.3 is 4.84 Å². The van der Waals surface area contributed by atoms with Crippen molar-refractivity contribution in [2.45, 2.75) is 20.3 Å². The molecule has 1 heterocycles. The van der Waals surface area contributed by atoms with Crippen molar-refractivity contribution in [2.75, 3.05) is 0 Å². The molecule has 1 aromatic carbocycles. The van der Waals surface area contributed by atoms with Gasteiger partial charge in [-0.25, -0.2) is 4.79 Å². The molecule has 0 saturated heterocycles. The van der Waals surface area contributed by atoms with E-state index in [1.54, 1.807) is 24.3 Å². The van der Waals surface area contributed by atoms with E-state index in [0.29, 0.717) is 11.0 Å². The minimum absolute atomic E-state index is 0.195. The zero-order valence-corrected chi connectivity index (χ0v) is 11.3. The fourth-order valence-electron chi connectivity index (χ4n) is 2.63. The van der Waals surface area contributed by atoms with E-state index in [2.05, 4.69) is 0 Å². The average molecular weight is 273 g/mol. The Morgan fingerprint density at radius 1 is 1.20 bits per heavy atom. The van der Waals surface area contributed by atoms with Crippen LogP contribution in [0.3, 0.4) is 0 Å². The third kappa shape index (κ3) is 1.90. The van der Waals surface area contributed by atoms with Crippen molar-refractivity contribution in [3.8, 4) is 0 Å². The number of amides is 2. The van der Waals surface area contributed by atoms with Crippen LogP contribution in [0, 0.1) is 17.8 Å². The van der Waals surface area contributed by atoms with Crippen LogP contribution in [0.4, 0.5) is 0 Å². The van der Waals surface area contributed by atoms with E-state index in [0.717, 1.165) is 6.42 Å². The van der Waals surface area contributed by atoms with Crippen molar-refractivity contribution < 1.29 is 19.2 Å². The second kappa shape index (κ2) is 4.44. The van der Waals surface area contributed by atoms with Crippen LogP contribution in [0.2, 0.25) is 0 Å². The standard InChI is InChI=1S/C15H15NO4/c1-8(2)11-7-12(11)15(19)20-16-13(17)9-5-3-4-6-10(9)14(16)18/h3-6,8,11-12H,7H2,1-2H3/t11?,12-/m0/s1. The average Bonchev–Trinajstić information content (AvgIpc) is 3.20. The van der Waals surface area contributed by atoms with Gasteiger partial charge in [0.1, 0.15) is 0 Å². The summed E-state index contributed by atoms with van der Waals surface area (Å²) in [5.74, 6) is -1.13. The number of fused-ring (bicyclic) bond motifs is 1. The van der Waals surface area contributed by atoms with Crippen LogP contribution >= 0.6 is 0 Å². The minimum Gasteiger partial charge on any atom is -0.329 e. The van der Waals surface area contributed by atoms with Gasteiger partial charge >= 0.3 is 5.97 Å². The Balaban J connectivity index is 1.73. The highest BCUT2D eigenvalue weighted by Gasteiger charge is 2.48. The Labute approximate surface area is 116 Å². The third-order valence-electron chi connectivity index (χ3n) is 3.94. The molecule has 1 fully saturated rings. The lowest BCUT2D eigenvalue weighted by Crippen LogP contribution is -2.33. The molecule has 0 N–H and O–H groups in total. The van der Waals surface area contributed by atoms with Crippen LogP contribution in [0.25, 0.3) is 0 Å². The van der Waals surface area contributed by atoms with Crippen molar-refractivity contribution in [1.29, 1.82) is 0 Å². The fraction of sp³-hybridized carbons (Fsp3) is 0.400. The lowest BCUT2D eigenvalue weighted by atomic mass is 10.1. The molecule has 1 aliphatic heterocycles. The van der Waals surface area contributed by atoms with Crippen LogP contribution in [-0.4, -0.2) is 22.8 Å². The Kier molecular flexibility index (Phi) is 2.85. The van der Waals surface area contributed by atoms with Crippen LogP contribution in [0.5, 0.6) is 0 Å². The number of carbonyl (C=O) groups excluding carboxylic acids is 3. The molecule has 1 unspecified atom stereocenters. The number of benzene rings is 1. The largest absolute Gasteiger partial charge is 0.336 e. The van der Waals surface area contributed by atoms with Crippen molar-refractivity contribution in [3.05, 3.63) is 35.4 Å². The van der Waals surface area contributed by atoms with Crippen molar-refractivity contribution in [3.63, 3.8) is 0 Å². The van der Waals surface area contributed by atoms with E-state index < -0.39 is 17.8 Å². The monoisotopic (exact) mass is 273 g/mol. The molecule has 5 heteroatoms. The van der Waals surface area contributed by atoms with Gasteiger partial charge in [0.2, 0.25) is 0 Å². The number of carbonyl (C=O) groups is 3. The predicted octanol–water partition coefficient (Wildman–Crippen LogP) is 2.03. The first kappa shape index (κ1) is 12.8. The number of nitrogens with zero attached hydrogens (tertiary/aromatic N) is 1. The summed E-state index contributed by atoms with van der Waals surface area (Å²) < 4.78 is 0. The van der Waals surface area contributed by atoms with Crippen LogP contribution in [0.15, 0.2) is 24.3 Å². The van der Waals surface area contributed by atoms with Gasteiger partial charge in [0, 0.05) is 0 Å². The summed E-state index contributed by atoms with van der Waals surface area (Å²) in [5.41, 5.74) is 0.558. The minimum atomic E-state index is -0.569. The molecule has 5 nitrogen and oxygen atoms in total. The first-order chi connectivity index (χ1) is 9.50. The summed E-state index contributed by atoms with van der Waals surface area (Å²) in [6.45, 7) is 4.08. The van der Waals surface area contributed by atoms with Gasteiger partial charge in [-0.3, -0.25) is 9.59 Å². The number of hydrogen-bond donors (Lipinski definition) is 0. The van der Waals surface area contributed by atoms with E-state index in [9.17, 15) is 14.4 Å². The molecule has 0 spiro atoms. The molecule has 1 aromatic rings. The van der Waals surface area contributed by atoms with Crippen molar-refractivity contribution >= 4 is 17.8 Å². The van der Waals surface area contributed by atoms with Gasteiger partial charge in [0.25, 0.3) is 11.8 Å². The first-order valence-corrected chi connectivity index (χ1v) is 6.70. The van der Waals surface area contributed by atoms with E-state index >= 15 is 0 Å². The molecule has 3 rings (SSSR count). The zero-order chi connectivity index (χ0) is 14.4. The second-order valence-corrected chi connectivity index (χ2v) is 5.61. The second-order valence-electron chi connectivity index (χ2n) is 5.61. The Bertz CT molecular complexity index is 573. The van der Waals surface area contributed by atoms with Gasteiger partial charge in [0.15, 0.2) is 0 Å².